The normalized spacial score (nSPS) is 31.1. The summed E-state index contributed by atoms with van der Waals surface area (Å²) in [6.07, 6.45) is 0.694. The molecule has 14 heavy (non-hydrogen) atoms. The summed E-state index contributed by atoms with van der Waals surface area (Å²) in [5.41, 5.74) is 0.0210. The molecule has 0 unspecified atom stereocenters. The first kappa shape index (κ1) is 9.68. The summed E-state index contributed by atoms with van der Waals surface area (Å²) >= 11 is 1.58. The summed E-state index contributed by atoms with van der Waals surface area (Å²) in [5, 5.41) is 20.8. The maximum Gasteiger partial charge on any atom is 0.306 e. The van der Waals surface area contributed by atoms with Gasteiger partial charge in [-0.1, -0.05) is 0 Å². The van der Waals surface area contributed by atoms with Crippen molar-refractivity contribution in [3.63, 3.8) is 0 Å². The lowest BCUT2D eigenvalue weighted by Crippen LogP contribution is -2.44. The van der Waals surface area contributed by atoms with Crippen LogP contribution < -0.4 is 0 Å². The molecule has 0 aromatic carbocycles. The van der Waals surface area contributed by atoms with Gasteiger partial charge in [-0.2, -0.15) is 0 Å². The first-order valence-electron chi connectivity index (χ1n) is 4.53. The molecule has 2 rings (SSSR count). The van der Waals surface area contributed by atoms with E-state index in [1.54, 1.807) is 11.3 Å². The van der Waals surface area contributed by atoms with Crippen LogP contribution in [0.1, 0.15) is 23.3 Å². The van der Waals surface area contributed by atoms with Crippen LogP contribution in [0.2, 0.25) is 0 Å². The molecule has 76 valence electrons. The van der Waals surface area contributed by atoms with Gasteiger partial charge in [-0.3, -0.25) is 4.79 Å². The molecule has 1 heterocycles. The molecule has 1 fully saturated rings. The fraction of sp³-hybridized carbons (Fsp3) is 0.500. The lowest BCUT2D eigenvalue weighted by atomic mass is 9.67. The van der Waals surface area contributed by atoms with Crippen LogP contribution in [0.3, 0.4) is 0 Å². The average molecular weight is 212 g/mol. The molecule has 1 aliphatic carbocycles. The Morgan fingerprint density at radius 1 is 1.64 bits per heavy atom. The van der Waals surface area contributed by atoms with Gasteiger partial charge < -0.3 is 10.2 Å². The van der Waals surface area contributed by atoms with E-state index in [1.807, 2.05) is 18.4 Å². The molecule has 4 heteroatoms. The molecule has 1 saturated carbocycles. The zero-order valence-corrected chi connectivity index (χ0v) is 8.67. The molecule has 1 aromatic rings. The van der Waals surface area contributed by atoms with E-state index in [2.05, 4.69) is 0 Å². The second-order valence-electron chi connectivity index (χ2n) is 3.87. The predicted octanol–water partition coefficient (Wildman–Crippen LogP) is 1.74. The van der Waals surface area contributed by atoms with Crippen LogP contribution in [0.5, 0.6) is 0 Å². The number of hydrogen-bond donors (Lipinski definition) is 2. The molecule has 2 N–H and O–H groups in total. The second-order valence-corrected chi connectivity index (χ2v) is 4.99. The highest BCUT2D eigenvalue weighted by Crippen LogP contribution is 2.47. The monoisotopic (exact) mass is 212 g/mol. The molecule has 1 aromatic heterocycles. The number of carboxylic acid groups (broad SMARTS) is 1. The summed E-state index contributed by atoms with van der Waals surface area (Å²) in [7, 11) is 0. The van der Waals surface area contributed by atoms with Crippen molar-refractivity contribution in [1.29, 1.82) is 0 Å². The standard InChI is InChI=1S/C10H12O3S/c1-6-8(2-3-14-6)10(13)4-7(5-10)9(11)12/h2-3,7,13H,4-5H2,1H3,(H,11,12). The van der Waals surface area contributed by atoms with E-state index in [9.17, 15) is 9.90 Å². The fourth-order valence-corrected chi connectivity index (χ4v) is 2.81. The van der Waals surface area contributed by atoms with Crippen LogP contribution in [0.25, 0.3) is 0 Å². The van der Waals surface area contributed by atoms with Gasteiger partial charge in [0.05, 0.1) is 11.5 Å². The molecule has 0 spiro atoms. The van der Waals surface area contributed by atoms with Gasteiger partial charge in [0.1, 0.15) is 0 Å². The summed E-state index contributed by atoms with van der Waals surface area (Å²) in [6.45, 7) is 1.95. The zero-order valence-electron chi connectivity index (χ0n) is 7.86. The van der Waals surface area contributed by atoms with Crippen LogP contribution >= 0.6 is 11.3 Å². The average Bonchev–Trinajstić information content (AvgIpc) is 2.45. The van der Waals surface area contributed by atoms with E-state index in [4.69, 9.17) is 5.11 Å². The molecule has 0 atom stereocenters. The number of aliphatic hydroxyl groups is 1. The minimum Gasteiger partial charge on any atom is -0.481 e. The lowest BCUT2D eigenvalue weighted by molar-refractivity contribution is -0.159. The molecule has 0 saturated heterocycles. The van der Waals surface area contributed by atoms with Crippen molar-refractivity contribution >= 4 is 17.3 Å². The van der Waals surface area contributed by atoms with Crippen molar-refractivity contribution in [3.05, 3.63) is 21.9 Å². The smallest absolute Gasteiger partial charge is 0.306 e. The molecule has 1 aliphatic rings. The largest absolute Gasteiger partial charge is 0.481 e. The zero-order chi connectivity index (χ0) is 10.3. The Balaban J connectivity index is 2.15. The van der Waals surface area contributed by atoms with Gasteiger partial charge in [0.25, 0.3) is 0 Å². The number of aryl methyl sites for hydroxylation is 1. The van der Waals surface area contributed by atoms with Crippen LogP contribution in [0, 0.1) is 12.8 Å². The SMILES string of the molecule is Cc1sccc1C1(O)CC(C(=O)O)C1. The van der Waals surface area contributed by atoms with Crippen molar-refractivity contribution in [3.8, 4) is 0 Å². The first-order valence-corrected chi connectivity index (χ1v) is 5.41. The number of thiophene rings is 1. The van der Waals surface area contributed by atoms with Crippen molar-refractivity contribution in [2.24, 2.45) is 5.92 Å². The summed E-state index contributed by atoms with van der Waals surface area (Å²) in [6, 6.07) is 1.89. The summed E-state index contributed by atoms with van der Waals surface area (Å²) in [5.74, 6) is -1.18. The predicted molar refractivity (Wildman–Crippen MR) is 53.3 cm³/mol. The Morgan fingerprint density at radius 3 is 2.71 bits per heavy atom. The third kappa shape index (κ3) is 1.35. The van der Waals surface area contributed by atoms with E-state index < -0.39 is 11.6 Å². The fourth-order valence-electron chi connectivity index (χ4n) is 2.02. The second kappa shape index (κ2) is 3.07. The van der Waals surface area contributed by atoms with E-state index in [1.165, 1.54) is 0 Å². The highest BCUT2D eigenvalue weighted by Gasteiger charge is 2.48. The Kier molecular flexibility index (Phi) is 2.12. The van der Waals surface area contributed by atoms with Gasteiger partial charge in [-0.25, -0.2) is 0 Å². The summed E-state index contributed by atoms with van der Waals surface area (Å²) < 4.78 is 0. The van der Waals surface area contributed by atoms with Gasteiger partial charge in [0.15, 0.2) is 0 Å². The Labute approximate surface area is 86.0 Å². The number of carbonyl (C=O) groups is 1. The number of aliphatic carboxylic acids is 1. The van der Waals surface area contributed by atoms with E-state index >= 15 is 0 Å². The van der Waals surface area contributed by atoms with Gasteiger partial charge >= 0.3 is 5.97 Å². The van der Waals surface area contributed by atoms with Gasteiger partial charge in [-0.15, -0.1) is 11.3 Å². The van der Waals surface area contributed by atoms with E-state index in [0.717, 1.165) is 10.4 Å². The highest BCUT2D eigenvalue weighted by molar-refractivity contribution is 7.10. The Bertz CT molecular complexity index is 363. The van der Waals surface area contributed by atoms with Gasteiger partial charge in [0.2, 0.25) is 0 Å². The minimum absolute atomic E-state index is 0.347. The molecule has 0 amide bonds. The summed E-state index contributed by atoms with van der Waals surface area (Å²) in [4.78, 5) is 11.7. The van der Waals surface area contributed by atoms with Crippen molar-refractivity contribution in [2.75, 3.05) is 0 Å². The maximum atomic E-state index is 10.6. The van der Waals surface area contributed by atoms with E-state index in [0.29, 0.717) is 12.8 Å². The molecular weight excluding hydrogens is 200 g/mol. The quantitative estimate of drug-likeness (QED) is 0.785. The maximum absolute atomic E-state index is 10.6. The minimum atomic E-state index is -0.882. The van der Waals surface area contributed by atoms with Crippen LogP contribution in [0.15, 0.2) is 11.4 Å². The van der Waals surface area contributed by atoms with Gasteiger partial charge in [0, 0.05) is 4.88 Å². The van der Waals surface area contributed by atoms with Crippen molar-refractivity contribution in [2.45, 2.75) is 25.4 Å². The molecule has 3 nitrogen and oxygen atoms in total. The number of carboxylic acids is 1. The Hall–Kier alpha value is -0.870. The lowest BCUT2D eigenvalue weighted by Gasteiger charge is -2.41. The van der Waals surface area contributed by atoms with Crippen LogP contribution in [-0.4, -0.2) is 16.2 Å². The van der Waals surface area contributed by atoms with Crippen molar-refractivity contribution < 1.29 is 15.0 Å². The van der Waals surface area contributed by atoms with Crippen LogP contribution in [-0.2, 0) is 10.4 Å². The Morgan fingerprint density at radius 2 is 2.29 bits per heavy atom. The van der Waals surface area contributed by atoms with Crippen molar-refractivity contribution in [1.82, 2.24) is 0 Å². The molecular formula is C10H12O3S. The van der Waals surface area contributed by atoms with Crippen LogP contribution in [0.4, 0.5) is 0 Å². The van der Waals surface area contributed by atoms with E-state index in [-0.39, 0.29) is 5.92 Å². The topological polar surface area (TPSA) is 57.5 Å². The number of rotatable bonds is 2. The highest BCUT2D eigenvalue weighted by atomic mass is 32.1. The molecule has 0 aliphatic heterocycles. The molecule has 0 radical (unpaired) electrons. The van der Waals surface area contributed by atoms with Gasteiger partial charge in [-0.05, 0) is 36.8 Å². The molecule has 0 bridgehead atoms. The third-order valence-electron chi connectivity index (χ3n) is 2.88. The first-order chi connectivity index (χ1) is 6.53. The third-order valence-corrected chi connectivity index (χ3v) is 3.72. The number of hydrogen-bond acceptors (Lipinski definition) is 3.